The van der Waals surface area contributed by atoms with Crippen molar-refractivity contribution in [2.45, 2.75) is 13.1 Å². The second-order valence-electron chi connectivity index (χ2n) is 6.35. The fourth-order valence-corrected chi connectivity index (χ4v) is 3.73. The molecule has 1 aromatic carbocycles. The lowest BCUT2D eigenvalue weighted by Crippen LogP contribution is -2.09. The molecule has 0 aliphatic carbocycles. The number of rotatable bonds is 6. The maximum Gasteiger partial charge on any atom is 0.186 e. The van der Waals surface area contributed by atoms with E-state index in [9.17, 15) is 0 Å². The van der Waals surface area contributed by atoms with E-state index in [4.69, 9.17) is 0 Å². The zero-order valence-corrected chi connectivity index (χ0v) is 15.8. The highest BCUT2D eigenvalue weighted by Gasteiger charge is 2.10. The Morgan fingerprint density at radius 2 is 1.89 bits per heavy atom. The lowest BCUT2D eigenvalue weighted by molar-refractivity contribution is 0.682. The molecule has 0 bridgehead atoms. The Morgan fingerprint density at radius 3 is 2.71 bits per heavy atom. The number of fused-ring (bicyclic) bond motifs is 1. The lowest BCUT2D eigenvalue weighted by Gasteiger charge is -2.11. The van der Waals surface area contributed by atoms with Crippen molar-refractivity contribution in [1.29, 1.82) is 0 Å². The molecule has 0 fully saturated rings. The number of nitrogens with one attached hydrogen (secondary N) is 1. The van der Waals surface area contributed by atoms with Crippen LogP contribution in [0.4, 0.5) is 5.82 Å². The van der Waals surface area contributed by atoms with Gasteiger partial charge in [0.25, 0.3) is 0 Å². The quantitative estimate of drug-likeness (QED) is 0.481. The van der Waals surface area contributed by atoms with Crippen LogP contribution in [-0.4, -0.2) is 29.6 Å². The Kier molecular flexibility index (Phi) is 4.30. The van der Waals surface area contributed by atoms with Gasteiger partial charge in [0.1, 0.15) is 5.82 Å². The van der Waals surface area contributed by atoms with Crippen LogP contribution in [0.5, 0.6) is 0 Å². The number of hydrogen-bond donors (Lipinski definition) is 1. The van der Waals surface area contributed by atoms with Crippen LogP contribution in [0.15, 0.2) is 71.7 Å². The zero-order valence-electron chi connectivity index (χ0n) is 14.9. The predicted octanol–water partition coefficient (Wildman–Crippen LogP) is 3.71. The smallest absolute Gasteiger partial charge is 0.186 e. The predicted molar refractivity (Wildman–Crippen MR) is 109 cm³/mol. The van der Waals surface area contributed by atoms with Gasteiger partial charge in [-0.15, -0.1) is 15.3 Å². The fourth-order valence-electron chi connectivity index (χ4n) is 3.09. The van der Waals surface area contributed by atoms with Crippen molar-refractivity contribution in [2.75, 3.05) is 5.32 Å². The van der Waals surface area contributed by atoms with E-state index in [0.29, 0.717) is 6.54 Å². The van der Waals surface area contributed by atoms with Crippen LogP contribution in [0, 0.1) is 0 Å². The lowest BCUT2D eigenvalue weighted by atomic mass is 10.1. The van der Waals surface area contributed by atoms with Crippen LogP contribution in [-0.2, 0) is 13.1 Å². The second kappa shape index (κ2) is 7.24. The van der Waals surface area contributed by atoms with E-state index < -0.39 is 0 Å². The fraction of sp³-hybridized carbons (Fsp3) is 0.100. The summed E-state index contributed by atoms with van der Waals surface area (Å²) in [6, 6.07) is 16.2. The van der Waals surface area contributed by atoms with E-state index in [1.54, 1.807) is 22.0 Å². The number of hydrogen-bond acceptors (Lipinski definition) is 6. The zero-order chi connectivity index (χ0) is 18.8. The van der Waals surface area contributed by atoms with E-state index in [1.807, 2.05) is 45.9 Å². The van der Waals surface area contributed by atoms with Gasteiger partial charge in [-0.25, -0.2) is 0 Å². The van der Waals surface area contributed by atoms with Crippen LogP contribution in [0.2, 0.25) is 0 Å². The average molecular weight is 387 g/mol. The van der Waals surface area contributed by atoms with E-state index in [2.05, 4.69) is 50.0 Å². The average Bonchev–Trinajstić information content (AvgIpc) is 3.48. The van der Waals surface area contributed by atoms with E-state index in [-0.39, 0.29) is 0 Å². The molecule has 0 saturated heterocycles. The monoisotopic (exact) mass is 387 g/mol. The van der Waals surface area contributed by atoms with Gasteiger partial charge >= 0.3 is 0 Å². The van der Waals surface area contributed by atoms with Crippen LogP contribution in [0.25, 0.3) is 17.0 Å². The van der Waals surface area contributed by atoms with Gasteiger partial charge in [-0.1, -0.05) is 24.3 Å². The summed E-state index contributed by atoms with van der Waals surface area (Å²) in [6.45, 7) is 1.41. The molecule has 0 spiro atoms. The van der Waals surface area contributed by atoms with Crippen LogP contribution < -0.4 is 5.32 Å². The summed E-state index contributed by atoms with van der Waals surface area (Å²) in [5.41, 5.74) is 4.18. The highest BCUT2D eigenvalue weighted by Crippen LogP contribution is 2.21. The van der Waals surface area contributed by atoms with Crippen molar-refractivity contribution in [3.05, 3.63) is 82.8 Å². The minimum Gasteiger partial charge on any atom is -0.365 e. The molecule has 0 atom stereocenters. The van der Waals surface area contributed by atoms with Gasteiger partial charge in [0.15, 0.2) is 11.5 Å². The van der Waals surface area contributed by atoms with Gasteiger partial charge in [-0.3, -0.25) is 4.68 Å². The summed E-state index contributed by atoms with van der Waals surface area (Å²) >= 11 is 1.63. The van der Waals surface area contributed by atoms with Crippen molar-refractivity contribution in [3.8, 4) is 11.4 Å². The van der Waals surface area contributed by atoms with Crippen molar-refractivity contribution in [3.63, 3.8) is 0 Å². The molecule has 0 amide bonds. The first-order valence-corrected chi connectivity index (χ1v) is 9.84. The first-order valence-electron chi connectivity index (χ1n) is 8.90. The van der Waals surface area contributed by atoms with Gasteiger partial charge in [-0.05, 0) is 40.8 Å². The molecule has 0 aliphatic heterocycles. The Balaban J connectivity index is 1.39. The van der Waals surface area contributed by atoms with E-state index in [0.717, 1.165) is 29.4 Å². The van der Waals surface area contributed by atoms with Crippen molar-refractivity contribution >= 4 is 22.8 Å². The standard InChI is InChI=1S/C20H17N7S/c1-2-5-16(13-26-10-3-9-22-26)15(4-1)12-21-18-6-7-19-23-24-20(27(19)25-18)17-8-11-28-14-17/h1-11,14H,12-13H2,(H,21,25). The SMILES string of the molecule is c1ccc(Cn2cccn2)c(CNc2ccc3nnc(-c4ccsc4)n3n2)c1. The molecule has 5 aromatic rings. The Hall–Kier alpha value is -3.52. The van der Waals surface area contributed by atoms with Gasteiger partial charge in [0.2, 0.25) is 0 Å². The van der Waals surface area contributed by atoms with Crippen molar-refractivity contribution < 1.29 is 0 Å². The maximum atomic E-state index is 4.68. The minimum absolute atomic E-state index is 0.672. The molecular weight excluding hydrogens is 370 g/mol. The molecule has 138 valence electrons. The molecule has 0 aliphatic rings. The van der Waals surface area contributed by atoms with Gasteiger partial charge in [0, 0.05) is 29.9 Å². The van der Waals surface area contributed by atoms with Crippen molar-refractivity contribution in [1.82, 2.24) is 29.6 Å². The highest BCUT2D eigenvalue weighted by atomic mass is 32.1. The summed E-state index contributed by atoms with van der Waals surface area (Å²) in [6.07, 6.45) is 3.77. The summed E-state index contributed by atoms with van der Waals surface area (Å²) in [5.74, 6) is 1.52. The molecular formula is C20H17N7S. The number of anilines is 1. The molecule has 28 heavy (non-hydrogen) atoms. The van der Waals surface area contributed by atoms with E-state index >= 15 is 0 Å². The third kappa shape index (κ3) is 3.25. The largest absolute Gasteiger partial charge is 0.365 e. The third-order valence-electron chi connectivity index (χ3n) is 4.51. The first-order chi connectivity index (χ1) is 13.9. The molecule has 0 saturated carbocycles. The normalized spacial score (nSPS) is 11.1. The van der Waals surface area contributed by atoms with Gasteiger partial charge in [0.05, 0.1) is 6.54 Å². The topological polar surface area (TPSA) is 72.9 Å². The summed E-state index contributed by atoms with van der Waals surface area (Å²) in [5, 5.41) is 24.9. The van der Waals surface area contributed by atoms with Gasteiger partial charge < -0.3 is 5.32 Å². The Labute approximate surface area is 165 Å². The summed E-state index contributed by atoms with van der Waals surface area (Å²) < 4.78 is 3.70. The van der Waals surface area contributed by atoms with Crippen LogP contribution in [0.3, 0.4) is 0 Å². The first kappa shape index (κ1) is 16.6. The number of nitrogens with zero attached hydrogens (tertiary/aromatic N) is 6. The Morgan fingerprint density at radius 1 is 0.964 bits per heavy atom. The minimum atomic E-state index is 0.672. The van der Waals surface area contributed by atoms with E-state index in [1.165, 1.54) is 11.1 Å². The Bertz CT molecular complexity index is 1190. The highest BCUT2D eigenvalue weighted by molar-refractivity contribution is 7.08. The third-order valence-corrected chi connectivity index (χ3v) is 5.20. The number of benzene rings is 1. The maximum absolute atomic E-state index is 4.68. The molecule has 5 rings (SSSR count). The second-order valence-corrected chi connectivity index (χ2v) is 7.13. The molecule has 1 N–H and O–H groups in total. The molecule has 0 radical (unpaired) electrons. The number of thiophene rings is 1. The van der Waals surface area contributed by atoms with Crippen LogP contribution in [0.1, 0.15) is 11.1 Å². The molecule has 0 unspecified atom stereocenters. The molecule has 4 aromatic heterocycles. The molecule has 8 heteroatoms. The number of aromatic nitrogens is 6. The summed E-state index contributed by atoms with van der Waals surface area (Å²) in [7, 11) is 0. The molecule has 4 heterocycles. The van der Waals surface area contributed by atoms with Gasteiger partial charge in [-0.2, -0.15) is 21.0 Å². The summed E-state index contributed by atoms with van der Waals surface area (Å²) in [4.78, 5) is 0. The molecule has 7 nitrogen and oxygen atoms in total. The van der Waals surface area contributed by atoms with Crippen molar-refractivity contribution in [2.24, 2.45) is 0 Å². The van der Waals surface area contributed by atoms with Crippen LogP contribution >= 0.6 is 11.3 Å².